The largest absolute Gasteiger partial charge is 0.378 e. The molecule has 2 heterocycles. The first kappa shape index (κ1) is 14.7. The Balaban J connectivity index is 1.67. The summed E-state index contributed by atoms with van der Waals surface area (Å²) in [7, 11) is 0. The highest BCUT2D eigenvalue weighted by atomic mass is 32.2. The molecule has 0 spiro atoms. The molecule has 2 fully saturated rings. The summed E-state index contributed by atoms with van der Waals surface area (Å²) in [6, 6.07) is 0.738. The molecule has 2 aliphatic heterocycles. The van der Waals surface area contributed by atoms with Crippen molar-refractivity contribution in [1.82, 2.24) is 5.32 Å². The minimum atomic E-state index is 0.575. The molecule has 0 aromatic carbocycles. The van der Waals surface area contributed by atoms with E-state index in [-0.39, 0.29) is 0 Å². The number of rotatable bonds is 7. The maximum atomic E-state index is 5.71. The smallest absolute Gasteiger partial charge is 0.0576 e. The molecule has 18 heavy (non-hydrogen) atoms. The molecule has 2 aliphatic rings. The van der Waals surface area contributed by atoms with Gasteiger partial charge in [0.05, 0.1) is 6.10 Å². The molecule has 106 valence electrons. The fourth-order valence-corrected chi connectivity index (χ4v) is 4.67. The van der Waals surface area contributed by atoms with E-state index in [9.17, 15) is 0 Å². The molecular formula is C15H29NOS. The van der Waals surface area contributed by atoms with Gasteiger partial charge in [0.1, 0.15) is 0 Å². The maximum Gasteiger partial charge on any atom is 0.0576 e. The summed E-state index contributed by atoms with van der Waals surface area (Å²) >= 11 is 2.20. The Morgan fingerprint density at radius 2 is 2.22 bits per heavy atom. The normalized spacial score (nSPS) is 30.5. The Morgan fingerprint density at radius 3 is 2.89 bits per heavy atom. The maximum absolute atomic E-state index is 5.71. The lowest BCUT2D eigenvalue weighted by atomic mass is 9.99. The van der Waals surface area contributed by atoms with Crippen molar-refractivity contribution in [2.75, 3.05) is 18.9 Å². The van der Waals surface area contributed by atoms with E-state index in [4.69, 9.17) is 4.74 Å². The number of ether oxygens (including phenoxy) is 1. The van der Waals surface area contributed by atoms with E-state index in [0.717, 1.165) is 24.4 Å². The van der Waals surface area contributed by atoms with Crippen LogP contribution < -0.4 is 5.32 Å². The van der Waals surface area contributed by atoms with E-state index < -0.39 is 0 Å². The average Bonchev–Trinajstić information content (AvgIpc) is 2.92. The molecule has 1 N–H and O–H groups in total. The number of hydrogen-bond donors (Lipinski definition) is 1. The van der Waals surface area contributed by atoms with Crippen molar-refractivity contribution in [3.05, 3.63) is 0 Å². The van der Waals surface area contributed by atoms with Crippen LogP contribution in [0.1, 0.15) is 58.3 Å². The molecular weight excluding hydrogens is 242 g/mol. The lowest BCUT2D eigenvalue weighted by Crippen LogP contribution is -2.39. The molecule has 2 nitrogen and oxygen atoms in total. The molecule has 0 amide bonds. The van der Waals surface area contributed by atoms with Crippen LogP contribution in [0.15, 0.2) is 0 Å². The predicted octanol–water partition coefficient (Wildman–Crippen LogP) is 3.60. The highest BCUT2D eigenvalue weighted by Gasteiger charge is 2.24. The predicted molar refractivity (Wildman–Crippen MR) is 80.4 cm³/mol. The molecule has 3 unspecified atom stereocenters. The average molecular weight is 271 g/mol. The Morgan fingerprint density at radius 1 is 1.28 bits per heavy atom. The topological polar surface area (TPSA) is 21.3 Å². The zero-order chi connectivity index (χ0) is 12.6. The second kappa shape index (κ2) is 8.44. The van der Waals surface area contributed by atoms with Gasteiger partial charge in [-0.05, 0) is 57.2 Å². The van der Waals surface area contributed by atoms with E-state index in [1.165, 1.54) is 57.1 Å². The van der Waals surface area contributed by atoms with Crippen molar-refractivity contribution >= 4 is 11.8 Å². The first-order valence-electron chi connectivity index (χ1n) is 7.86. The van der Waals surface area contributed by atoms with E-state index in [0.29, 0.717) is 6.10 Å². The lowest BCUT2D eigenvalue weighted by Gasteiger charge is -2.30. The Kier molecular flexibility index (Phi) is 6.88. The first-order chi connectivity index (χ1) is 8.90. The molecule has 0 saturated carbocycles. The fraction of sp³-hybridized carbons (Fsp3) is 1.00. The minimum Gasteiger partial charge on any atom is -0.378 e. The summed E-state index contributed by atoms with van der Waals surface area (Å²) in [5, 5.41) is 4.58. The van der Waals surface area contributed by atoms with Crippen LogP contribution in [0.3, 0.4) is 0 Å². The number of hydrogen-bond acceptors (Lipinski definition) is 3. The van der Waals surface area contributed by atoms with Gasteiger partial charge in [0.15, 0.2) is 0 Å². The number of thioether (sulfide) groups is 1. The zero-order valence-electron chi connectivity index (χ0n) is 11.8. The van der Waals surface area contributed by atoms with Crippen LogP contribution >= 0.6 is 11.8 Å². The quantitative estimate of drug-likeness (QED) is 0.764. The number of nitrogens with one attached hydrogen (secondary N) is 1. The standard InChI is InChI=1S/C15H29NOS/c1-2-16-14(15-10-3-4-12-18-15)9-5-7-13-8-6-11-17-13/h13-16H,2-12H2,1H3. The molecule has 0 aliphatic carbocycles. The van der Waals surface area contributed by atoms with E-state index >= 15 is 0 Å². The van der Waals surface area contributed by atoms with E-state index in [1.807, 2.05) is 0 Å². The zero-order valence-corrected chi connectivity index (χ0v) is 12.6. The lowest BCUT2D eigenvalue weighted by molar-refractivity contribution is 0.101. The van der Waals surface area contributed by atoms with Crippen LogP contribution in [0, 0.1) is 0 Å². The van der Waals surface area contributed by atoms with Crippen LogP contribution in [0.2, 0.25) is 0 Å². The van der Waals surface area contributed by atoms with Crippen molar-refractivity contribution in [1.29, 1.82) is 0 Å². The van der Waals surface area contributed by atoms with Crippen LogP contribution in [0.4, 0.5) is 0 Å². The van der Waals surface area contributed by atoms with Crippen LogP contribution in [0.5, 0.6) is 0 Å². The Bertz CT molecular complexity index is 213. The SMILES string of the molecule is CCNC(CCCC1CCCO1)C1CCCCS1. The third kappa shape index (κ3) is 4.75. The Hall–Kier alpha value is 0.270. The summed E-state index contributed by atoms with van der Waals surface area (Å²) in [6.07, 6.45) is 11.4. The van der Waals surface area contributed by atoms with Crippen molar-refractivity contribution in [3.8, 4) is 0 Å². The van der Waals surface area contributed by atoms with Gasteiger partial charge < -0.3 is 10.1 Å². The van der Waals surface area contributed by atoms with Crippen LogP contribution in [0.25, 0.3) is 0 Å². The summed E-state index contributed by atoms with van der Waals surface area (Å²) in [5.74, 6) is 1.37. The fourth-order valence-electron chi connectivity index (χ4n) is 3.20. The molecule has 3 heteroatoms. The first-order valence-corrected chi connectivity index (χ1v) is 8.91. The van der Waals surface area contributed by atoms with Gasteiger partial charge in [-0.1, -0.05) is 13.3 Å². The van der Waals surface area contributed by atoms with Crippen molar-refractivity contribution in [3.63, 3.8) is 0 Å². The molecule has 0 radical (unpaired) electrons. The third-order valence-corrected chi connectivity index (χ3v) is 5.71. The summed E-state index contributed by atoms with van der Waals surface area (Å²) in [5.41, 5.74) is 0. The molecule has 0 aromatic rings. The van der Waals surface area contributed by atoms with Gasteiger partial charge in [0.25, 0.3) is 0 Å². The van der Waals surface area contributed by atoms with Gasteiger partial charge >= 0.3 is 0 Å². The van der Waals surface area contributed by atoms with Crippen molar-refractivity contribution in [2.24, 2.45) is 0 Å². The Labute approximate surface area is 117 Å². The summed E-state index contributed by atoms with van der Waals surface area (Å²) in [6.45, 7) is 4.35. The summed E-state index contributed by atoms with van der Waals surface area (Å²) < 4.78 is 5.71. The van der Waals surface area contributed by atoms with Gasteiger partial charge in [-0.2, -0.15) is 11.8 Å². The summed E-state index contributed by atoms with van der Waals surface area (Å²) in [4.78, 5) is 0. The van der Waals surface area contributed by atoms with E-state index in [2.05, 4.69) is 24.0 Å². The van der Waals surface area contributed by atoms with Gasteiger partial charge in [0.2, 0.25) is 0 Å². The van der Waals surface area contributed by atoms with Crippen molar-refractivity contribution in [2.45, 2.75) is 75.7 Å². The molecule has 2 rings (SSSR count). The second-order valence-corrected chi connectivity index (χ2v) is 6.98. The van der Waals surface area contributed by atoms with Crippen molar-refractivity contribution < 1.29 is 4.74 Å². The van der Waals surface area contributed by atoms with Gasteiger partial charge in [-0.25, -0.2) is 0 Å². The molecule has 0 bridgehead atoms. The van der Waals surface area contributed by atoms with Crippen LogP contribution in [-0.2, 0) is 4.74 Å². The molecule has 3 atom stereocenters. The van der Waals surface area contributed by atoms with E-state index in [1.54, 1.807) is 0 Å². The minimum absolute atomic E-state index is 0.575. The third-order valence-electron chi connectivity index (χ3n) is 4.20. The van der Waals surface area contributed by atoms with Gasteiger partial charge in [-0.15, -0.1) is 0 Å². The van der Waals surface area contributed by atoms with Gasteiger partial charge in [-0.3, -0.25) is 0 Å². The second-order valence-electron chi connectivity index (χ2n) is 5.64. The van der Waals surface area contributed by atoms with Gasteiger partial charge in [0, 0.05) is 17.9 Å². The van der Waals surface area contributed by atoms with Crippen LogP contribution in [-0.4, -0.2) is 36.3 Å². The molecule has 0 aromatic heterocycles. The highest BCUT2D eigenvalue weighted by molar-refractivity contribution is 8.00. The monoisotopic (exact) mass is 271 g/mol. The molecule has 2 saturated heterocycles. The highest BCUT2D eigenvalue weighted by Crippen LogP contribution is 2.30.